The smallest absolute Gasteiger partial charge is 0.434 e. The molecule has 0 atom stereocenters. The van der Waals surface area contributed by atoms with Gasteiger partial charge in [0.1, 0.15) is 11.5 Å². The molecule has 0 spiro atoms. The molecule has 0 unspecified atom stereocenters. The molecule has 0 saturated heterocycles. The maximum absolute atomic E-state index is 12.4. The minimum Gasteiger partial charge on any atom is -0.434 e. The highest BCUT2D eigenvalue weighted by molar-refractivity contribution is 5.98. The summed E-state index contributed by atoms with van der Waals surface area (Å²) in [6.07, 6.45) is 5.23. The highest BCUT2D eigenvalue weighted by Crippen LogP contribution is 2.43. The van der Waals surface area contributed by atoms with Crippen LogP contribution in [-0.2, 0) is 22.3 Å². The van der Waals surface area contributed by atoms with Crippen molar-refractivity contribution in [3.8, 4) is 11.5 Å². The maximum atomic E-state index is 12.4. The molecule has 0 aromatic heterocycles. The molecule has 3 rings (SSSR count). The van der Waals surface area contributed by atoms with Gasteiger partial charge >= 0.3 is 12.3 Å². The Labute approximate surface area is 189 Å². The molecule has 0 amide bonds. The lowest BCUT2D eigenvalue weighted by Crippen LogP contribution is -2.17. The molecule has 6 heteroatoms. The van der Waals surface area contributed by atoms with Gasteiger partial charge in [-0.2, -0.15) is 0 Å². The molecule has 0 N–H and O–H groups in total. The van der Waals surface area contributed by atoms with Crippen LogP contribution in [0.15, 0.2) is 36.4 Å². The van der Waals surface area contributed by atoms with Crippen LogP contribution in [0.1, 0.15) is 51.7 Å². The van der Waals surface area contributed by atoms with Crippen molar-refractivity contribution in [3.05, 3.63) is 47.5 Å². The number of carbonyl (C=O) groups is 2. The van der Waals surface area contributed by atoms with E-state index >= 15 is 0 Å². The van der Waals surface area contributed by atoms with Gasteiger partial charge in [-0.25, -0.2) is 9.59 Å². The van der Waals surface area contributed by atoms with Crippen molar-refractivity contribution in [2.24, 2.45) is 11.8 Å². The van der Waals surface area contributed by atoms with E-state index in [1.54, 1.807) is 0 Å². The number of benzene rings is 2. The van der Waals surface area contributed by atoms with E-state index in [9.17, 15) is 9.59 Å². The number of hydrogen-bond acceptors (Lipinski definition) is 6. The predicted molar refractivity (Wildman–Crippen MR) is 123 cm³/mol. The van der Waals surface area contributed by atoms with E-state index in [1.807, 2.05) is 36.4 Å². The van der Waals surface area contributed by atoms with E-state index < -0.39 is 12.3 Å². The summed E-state index contributed by atoms with van der Waals surface area (Å²) in [5, 5.41) is 1.37. The molecule has 0 radical (unpaired) electrons. The van der Waals surface area contributed by atoms with Gasteiger partial charge in [-0.05, 0) is 37.5 Å². The Morgan fingerprint density at radius 3 is 1.53 bits per heavy atom. The largest absolute Gasteiger partial charge is 0.513 e. The SMILES string of the molecule is CC(C)CCOC(=O)Oc1c2c(c(OC(=O)OCCC(C)C)c3ccccc13)CC=CC2. The molecule has 2 aromatic carbocycles. The third-order valence-corrected chi connectivity index (χ3v) is 5.34. The Kier molecular flexibility index (Phi) is 8.14. The van der Waals surface area contributed by atoms with Gasteiger partial charge in [-0.1, -0.05) is 64.1 Å². The van der Waals surface area contributed by atoms with E-state index in [2.05, 4.69) is 27.7 Å². The number of fused-ring (bicyclic) bond motifs is 2. The summed E-state index contributed by atoms with van der Waals surface area (Å²) < 4.78 is 21.9. The first kappa shape index (κ1) is 23.6. The Hall–Kier alpha value is -3.02. The van der Waals surface area contributed by atoms with Crippen molar-refractivity contribution in [1.82, 2.24) is 0 Å². The first-order chi connectivity index (χ1) is 15.4. The fourth-order valence-electron chi connectivity index (χ4n) is 3.53. The minimum absolute atomic E-state index is 0.305. The molecule has 1 aliphatic rings. The van der Waals surface area contributed by atoms with Crippen molar-refractivity contribution in [2.45, 2.75) is 53.4 Å². The monoisotopic (exact) mass is 440 g/mol. The number of allylic oxidation sites excluding steroid dienone is 2. The molecule has 1 aliphatic carbocycles. The van der Waals surface area contributed by atoms with Gasteiger partial charge in [-0.3, -0.25) is 0 Å². The molecule has 172 valence electrons. The average molecular weight is 441 g/mol. The van der Waals surface area contributed by atoms with Gasteiger partial charge in [0.25, 0.3) is 0 Å². The van der Waals surface area contributed by atoms with Crippen molar-refractivity contribution in [3.63, 3.8) is 0 Å². The Bertz CT molecular complexity index is 911. The van der Waals surface area contributed by atoms with Crippen LogP contribution >= 0.6 is 0 Å². The van der Waals surface area contributed by atoms with Crippen LogP contribution in [0.4, 0.5) is 9.59 Å². The second kappa shape index (κ2) is 11.0. The summed E-state index contributed by atoms with van der Waals surface area (Å²) in [4.78, 5) is 24.8. The van der Waals surface area contributed by atoms with Crippen LogP contribution in [0.25, 0.3) is 10.8 Å². The highest BCUT2D eigenvalue weighted by atomic mass is 16.7. The van der Waals surface area contributed by atoms with Crippen molar-refractivity contribution in [1.29, 1.82) is 0 Å². The first-order valence-electron chi connectivity index (χ1n) is 11.3. The summed E-state index contributed by atoms with van der Waals surface area (Å²) in [5.41, 5.74) is 1.63. The van der Waals surface area contributed by atoms with Gasteiger partial charge in [0, 0.05) is 21.9 Å². The Morgan fingerprint density at radius 2 is 1.16 bits per heavy atom. The maximum Gasteiger partial charge on any atom is 0.513 e. The lowest BCUT2D eigenvalue weighted by atomic mass is 9.90. The summed E-state index contributed by atoms with van der Waals surface area (Å²) >= 11 is 0. The van der Waals surface area contributed by atoms with E-state index in [4.69, 9.17) is 18.9 Å². The van der Waals surface area contributed by atoms with Crippen LogP contribution in [-0.4, -0.2) is 25.5 Å². The molecule has 0 heterocycles. The topological polar surface area (TPSA) is 71.1 Å². The van der Waals surface area contributed by atoms with Crippen LogP contribution in [0.2, 0.25) is 0 Å². The van der Waals surface area contributed by atoms with Crippen LogP contribution < -0.4 is 9.47 Å². The lowest BCUT2D eigenvalue weighted by molar-refractivity contribution is 0.0928. The Morgan fingerprint density at radius 1 is 0.750 bits per heavy atom. The molecule has 0 fully saturated rings. The zero-order valence-electron chi connectivity index (χ0n) is 19.3. The van der Waals surface area contributed by atoms with Crippen LogP contribution in [0.3, 0.4) is 0 Å². The zero-order chi connectivity index (χ0) is 23.1. The van der Waals surface area contributed by atoms with E-state index in [0.717, 1.165) is 24.0 Å². The quantitative estimate of drug-likeness (QED) is 0.261. The van der Waals surface area contributed by atoms with Crippen LogP contribution in [0, 0.1) is 11.8 Å². The molecule has 2 aromatic rings. The van der Waals surface area contributed by atoms with E-state index in [-0.39, 0.29) is 0 Å². The zero-order valence-corrected chi connectivity index (χ0v) is 19.3. The first-order valence-corrected chi connectivity index (χ1v) is 11.3. The predicted octanol–water partition coefficient (Wildman–Crippen LogP) is 6.62. The molecule has 0 bridgehead atoms. The van der Waals surface area contributed by atoms with Gasteiger partial charge < -0.3 is 18.9 Å². The third-order valence-electron chi connectivity index (χ3n) is 5.34. The summed E-state index contributed by atoms with van der Waals surface area (Å²) in [7, 11) is 0. The summed E-state index contributed by atoms with van der Waals surface area (Å²) in [5.74, 6) is 1.77. The number of rotatable bonds is 8. The van der Waals surface area contributed by atoms with Crippen molar-refractivity contribution < 1.29 is 28.5 Å². The number of hydrogen-bond donors (Lipinski definition) is 0. The third kappa shape index (κ3) is 6.02. The Balaban J connectivity index is 1.91. The fraction of sp³-hybridized carbons (Fsp3) is 0.462. The van der Waals surface area contributed by atoms with Crippen molar-refractivity contribution >= 4 is 23.1 Å². The van der Waals surface area contributed by atoms with Gasteiger partial charge in [-0.15, -0.1) is 0 Å². The minimum atomic E-state index is -0.727. The van der Waals surface area contributed by atoms with E-state index in [1.165, 1.54) is 0 Å². The lowest BCUT2D eigenvalue weighted by Gasteiger charge is -2.22. The average Bonchev–Trinajstić information content (AvgIpc) is 2.75. The molecule has 0 saturated carbocycles. The van der Waals surface area contributed by atoms with E-state index in [0.29, 0.717) is 60.2 Å². The number of carbonyl (C=O) groups excluding carboxylic acids is 2. The molecular formula is C26H32O6. The summed E-state index contributed by atoms with van der Waals surface area (Å²) in [6, 6.07) is 7.41. The molecule has 6 nitrogen and oxygen atoms in total. The molecule has 0 aliphatic heterocycles. The molecule has 32 heavy (non-hydrogen) atoms. The standard InChI is InChI=1S/C26H32O6/c1-17(2)13-15-29-25(27)31-23-19-9-5-7-11-21(19)24(22-12-8-6-10-20(22)23)32-26(28)30-16-14-18(3)4/h5-9,11,17-18H,10,12-16H2,1-4H3. The van der Waals surface area contributed by atoms with Gasteiger partial charge in [0.15, 0.2) is 0 Å². The van der Waals surface area contributed by atoms with Crippen LogP contribution in [0.5, 0.6) is 11.5 Å². The number of ether oxygens (including phenoxy) is 4. The fourth-order valence-corrected chi connectivity index (χ4v) is 3.53. The second-order valence-electron chi connectivity index (χ2n) is 8.81. The van der Waals surface area contributed by atoms with Gasteiger partial charge in [0.2, 0.25) is 0 Å². The molecular weight excluding hydrogens is 408 g/mol. The second-order valence-corrected chi connectivity index (χ2v) is 8.81. The van der Waals surface area contributed by atoms with Gasteiger partial charge in [0.05, 0.1) is 13.2 Å². The highest BCUT2D eigenvalue weighted by Gasteiger charge is 2.25. The summed E-state index contributed by atoms with van der Waals surface area (Å²) in [6.45, 7) is 8.88. The van der Waals surface area contributed by atoms with Crippen molar-refractivity contribution in [2.75, 3.05) is 13.2 Å². The normalized spacial score (nSPS) is 12.7.